The Labute approximate surface area is 150 Å². The molecule has 0 bridgehead atoms. The highest BCUT2D eigenvalue weighted by Gasteiger charge is 2.35. The predicted octanol–water partition coefficient (Wildman–Crippen LogP) is -0.0368. The summed E-state index contributed by atoms with van der Waals surface area (Å²) >= 11 is 3.53. The van der Waals surface area contributed by atoms with Crippen LogP contribution in [0.1, 0.15) is 31.6 Å². The number of aromatic nitrogens is 5. The van der Waals surface area contributed by atoms with E-state index in [1.807, 2.05) is 6.92 Å². The third-order valence-corrected chi connectivity index (χ3v) is 3.85. The number of aliphatic hydroxyl groups excluding tert-OH is 2. The van der Waals surface area contributed by atoms with E-state index in [-0.39, 0.29) is 13.0 Å². The number of nitrogens with zero attached hydrogens (tertiary/aromatic N) is 5. The Morgan fingerprint density at radius 1 is 1.44 bits per heavy atom. The Kier molecular flexibility index (Phi) is 7.12. The lowest BCUT2D eigenvalue weighted by Crippen LogP contribution is -2.30. The van der Waals surface area contributed by atoms with Crippen LogP contribution in [0.15, 0.2) is 23.6 Å². The number of aryl methyl sites for hydroxylation is 1. The molecule has 10 heteroatoms. The summed E-state index contributed by atoms with van der Waals surface area (Å²) in [5.74, 6) is 0.447. The van der Waals surface area contributed by atoms with Gasteiger partial charge in [0, 0.05) is 18.2 Å². The molecule has 0 spiro atoms. The molecule has 0 amide bonds. The van der Waals surface area contributed by atoms with Crippen LogP contribution in [-0.4, -0.2) is 59.6 Å². The number of thiol groups is 1. The van der Waals surface area contributed by atoms with E-state index in [0.717, 1.165) is 12.0 Å². The van der Waals surface area contributed by atoms with Crippen LogP contribution in [-0.2, 0) is 11.2 Å². The molecule has 3 atom stereocenters. The van der Waals surface area contributed by atoms with Gasteiger partial charge in [0.2, 0.25) is 0 Å². The van der Waals surface area contributed by atoms with Crippen molar-refractivity contribution in [1.82, 2.24) is 24.3 Å². The smallest absolute Gasteiger partial charge is 0.351 e. The lowest BCUT2D eigenvalue weighted by molar-refractivity contribution is -0.0459. The minimum absolute atomic E-state index is 0.237. The summed E-state index contributed by atoms with van der Waals surface area (Å²) in [6, 6.07) is 0. The van der Waals surface area contributed by atoms with Gasteiger partial charge in [-0.3, -0.25) is 4.57 Å². The van der Waals surface area contributed by atoms with Crippen molar-refractivity contribution >= 4 is 12.6 Å². The Hall–Kier alpha value is -1.75. The summed E-state index contributed by atoms with van der Waals surface area (Å²) in [5, 5.41) is 23.0. The average molecular weight is 369 g/mol. The number of aliphatic hydroxyl groups is 2. The predicted molar refractivity (Wildman–Crippen MR) is 93.9 cm³/mol. The Morgan fingerprint density at radius 2 is 2.20 bits per heavy atom. The third-order valence-electron chi connectivity index (χ3n) is 3.85. The van der Waals surface area contributed by atoms with Crippen LogP contribution in [0.5, 0.6) is 0 Å². The second-order valence-electron chi connectivity index (χ2n) is 5.48. The summed E-state index contributed by atoms with van der Waals surface area (Å²) in [7, 11) is 0. The molecule has 0 aromatic carbocycles. The molecule has 25 heavy (non-hydrogen) atoms. The highest BCUT2D eigenvalue weighted by Crippen LogP contribution is 2.28. The van der Waals surface area contributed by atoms with Crippen molar-refractivity contribution in [2.75, 3.05) is 12.9 Å². The molecule has 1 fully saturated rings. The van der Waals surface area contributed by atoms with Gasteiger partial charge in [0.25, 0.3) is 0 Å². The van der Waals surface area contributed by atoms with Gasteiger partial charge in [-0.1, -0.05) is 13.3 Å². The first-order chi connectivity index (χ1) is 12.1. The molecule has 1 saturated heterocycles. The van der Waals surface area contributed by atoms with Crippen LogP contribution in [0.3, 0.4) is 0 Å². The van der Waals surface area contributed by atoms with Gasteiger partial charge in [0.15, 0.2) is 5.82 Å². The maximum absolute atomic E-state index is 12.3. The van der Waals surface area contributed by atoms with Gasteiger partial charge in [0.1, 0.15) is 25.0 Å². The Balaban J connectivity index is 0.00000109. The molecule has 0 radical (unpaired) electrons. The van der Waals surface area contributed by atoms with Crippen LogP contribution in [0.25, 0.3) is 5.82 Å². The van der Waals surface area contributed by atoms with E-state index in [1.54, 1.807) is 12.5 Å². The molecule has 9 nitrogen and oxygen atoms in total. The summed E-state index contributed by atoms with van der Waals surface area (Å²) in [5.41, 5.74) is 0.342. The van der Waals surface area contributed by atoms with Crippen molar-refractivity contribution in [3.05, 3.63) is 34.9 Å². The minimum atomic E-state index is -0.804. The minimum Gasteiger partial charge on any atom is -0.394 e. The van der Waals surface area contributed by atoms with Crippen LogP contribution in [0, 0.1) is 0 Å². The van der Waals surface area contributed by atoms with Crippen molar-refractivity contribution in [3.8, 4) is 5.82 Å². The van der Waals surface area contributed by atoms with E-state index in [0.29, 0.717) is 12.2 Å². The first-order valence-electron chi connectivity index (χ1n) is 8.00. The molecule has 0 saturated carbocycles. The molecule has 2 aromatic heterocycles. The molecule has 1 aliphatic rings. The molecule has 3 heterocycles. The van der Waals surface area contributed by atoms with Gasteiger partial charge in [-0.2, -0.15) is 22.7 Å². The first-order valence-corrected chi connectivity index (χ1v) is 8.89. The van der Waals surface area contributed by atoms with Crippen molar-refractivity contribution in [2.24, 2.45) is 0 Å². The number of hydrogen-bond acceptors (Lipinski definition) is 8. The molecule has 1 aliphatic heterocycles. The molecule has 2 aromatic rings. The average Bonchev–Trinajstić information content (AvgIpc) is 3.27. The normalized spacial score (nSPS) is 22.5. The van der Waals surface area contributed by atoms with Crippen LogP contribution >= 0.6 is 12.6 Å². The van der Waals surface area contributed by atoms with Gasteiger partial charge in [-0.25, -0.2) is 14.5 Å². The van der Waals surface area contributed by atoms with Crippen LogP contribution in [0.4, 0.5) is 0 Å². The molecule has 2 N–H and O–H groups in total. The summed E-state index contributed by atoms with van der Waals surface area (Å²) in [6.45, 7) is 1.73. The summed E-state index contributed by atoms with van der Waals surface area (Å²) in [4.78, 5) is 20.3. The van der Waals surface area contributed by atoms with Crippen LogP contribution < -0.4 is 5.69 Å². The highest BCUT2D eigenvalue weighted by molar-refractivity contribution is 7.79. The second-order valence-corrected chi connectivity index (χ2v) is 5.48. The maximum atomic E-state index is 12.3. The number of hydrogen-bond donors (Lipinski definition) is 3. The first kappa shape index (κ1) is 19.6. The Bertz CT molecular complexity index is 721. The van der Waals surface area contributed by atoms with Gasteiger partial charge < -0.3 is 14.9 Å². The van der Waals surface area contributed by atoms with E-state index in [4.69, 9.17) is 4.74 Å². The summed E-state index contributed by atoms with van der Waals surface area (Å²) < 4.78 is 8.36. The van der Waals surface area contributed by atoms with E-state index >= 15 is 0 Å². The lowest BCUT2D eigenvalue weighted by Gasteiger charge is -2.17. The molecule has 0 aliphatic carbocycles. The second kappa shape index (κ2) is 9.09. The van der Waals surface area contributed by atoms with Gasteiger partial charge in [-0.15, -0.1) is 0 Å². The lowest BCUT2D eigenvalue weighted by atomic mass is 10.1. The van der Waals surface area contributed by atoms with E-state index in [2.05, 4.69) is 27.7 Å². The zero-order valence-electron chi connectivity index (χ0n) is 14.2. The quantitative estimate of drug-likeness (QED) is 0.634. The zero-order chi connectivity index (χ0) is 18.4. The van der Waals surface area contributed by atoms with Gasteiger partial charge in [-0.05, 0) is 12.7 Å². The molecule has 3 rings (SSSR count). The van der Waals surface area contributed by atoms with E-state index < -0.39 is 24.1 Å². The van der Waals surface area contributed by atoms with Gasteiger partial charge >= 0.3 is 5.69 Å². The third kappa shape index (κ3) is 4.27. The monoisotopic (exact) mass is 369 g/mol. The fraction of sp³-hybridized carbons (Fsp3) is 0.600. The van der Waals surface area contributed by atoms with Crippen molar-refractivity contribution in [2.45, 2.75) is 44.6 Å². The standard InChI is InChI=1S/C14H19N5O4.CH4S/c1-2-3-9-5-18(12-4-10(21)11(6-20)23-12)14(22)17-13(9)19-8-15-7-16-19;1-2/h5,7-8,10-12,20-21H,2-4,6H2,1H3;2H,1H3. The van der Waals surface area contributed by atoms with Crippen LogP contribution in [0.2, 0.25) is 0 Å². The molecule has 138 valence electrons. The largest absolute Gasteiger partial charge is 0.394 e. The SMILES string of the molecule is CCCc1cn(C2CC(O)C(CO)O2)c(=O)nc1-n1cncn1.CS. The fourth-order valence-electron chi connectivity index (χ4n) is 2.72. The topological polar surface area (TPSA) is 115 Å². The van der Waals surface area contributed by atoms with Crippen molar-refractivity contribution in [3.63, 3.8) is 0 Å². The summed E-state index contributed by atoms with van der Waals surface area (Å²) in [6.07, 6.45) is 5.94. The maximum Gasteiger partial charge on any atom is 0.351 e. The van der Waals surface area contributed by atoms with Crippen molar-refractivity contribution < 1.29 is 14.9 Å². The molecule has 3 unspecified atom stereocenters. The zero-order valence-corrected chi connectivity index (χ0v) is 15.1. The highest BCUT2D eigenvalue weighted by atomic mass is 32.1. The number of rotatable bonds is 5. The number of ether oxygens (including phenoxy) is 1. The van der Waals surface area contributed by atoms with E-state index in [1.165, 1.54) is 21.9 Å². The molecular formula is C15H23N5O4S. The van der Waals surface area contributed by atoms with Crippen molar-refractivity contribution in [1.29, 1.82) is 0 Å². The Morgan fingerprint density at radius 3 is 2.76 bits per heavy atom. The molecular weight excluding hydrogens is 346 g/mol. The van der Waals surface area contributed by atoms with Gasteiger partial charge in [0.05, 0.1) is 12.7 Å². The van der Waals surface area contributed by atoms with E-state index in [9.17, 15) is 15.0 Å². The fourth-order valence-corrected chi connectivity index (χ4v) is 2.72.